The molecule has 2 aliphatic heterocycles. The van der Waals surface area contributed by atoms with Crippen LogP contribution in [0.5, 0.6) is 0 Å². The standard InChI is InChI=1S/C23H22ClN3O3S/c1-15-12-17-7-3-5-9-19(17)27(15)14-21(28)25-10-11-26-22(29)20(31-23(26)30)13-16-6-2-4-8-18(16)24/h2-9,13,15H,10-12,14H2,1H3,(H,25,28)/b20-13+. The summed E-state index contributed by atoms with van der Waals surface area (Å²) in [5.41, 5.74) is 3.01. The summed E-state index contributed by atoms with van der Waals surface area (Å²) in [5.74, 6) is -0.506. The fourth-order valence-electron chi connectivity index (χ4n) is 3.81. The zero-order valence-electron chi connectivity index (χ0n) is 17.0. The summed E-state index contributed by atoms with van der Waals surface area (Å²) < 4.78 is 0. The average molecular weight is 456 g/mol. The van der Waals surface area contributed by atoms with Crippen molar-refractivity contribution in [3.63, 3.8) is 0 Å². The summed E-state index contributed by atoms with van der Waals surface area (Å²) in [4.78, 5) is 40.9. The van der Waals surface area contributed by atoms with Gasteiger partial charge in [0, 0.05) is 29.8 Å². The third-order valence-electron chi connectivity index (χ3n) is 5.39. The van der Waals surface area contributed by atoms with Crippen LogP contribution in [0, 0.1) is 0 Å². The van der Waals surface area contributed by atoms with Gasteiger partial charge in [0.2, 0.25) is 5.91 Å². The monoisotopic (exact) mass is 455 g/mol. The van der Waals surface area contributed by atoms with E-state index in [0.29, 0.717) is 15.5 Å². The molecular weight excluding hydrogens is 434 g/mol. The van der Waals surface area contributed by atoms with Crippen molar-refractivity contribution >= 4 is 52.2 Å². The summed E-state index contributed by atoms with van der Waals surface area (Å²) in [5, 5.41) is 2.99. The average Bonchev–Trinajstić information content (AvgIpc) is 3.20. The van der Waals surface area contributed by atoms with Gasteiger partial charge in [-0.2, -0.15) is 0 Å². The van der Waals surface area contributed by atoms with Crippen LogP contribution in [0.15, 0.2) is 53.4 Å². The van der Waals surface area contributed by atoms with E-state index in [1.807, 2.05) is 24.3 Å². The molecule has 0 radical (unpaired) electrons. The molecule has 0 aromatic heterocycles. The number of imide groups is 1. The van der Waals surface area contributed by atoms with E-state index in [2.05, 4.69) is 23.2 Å². The van der Waals surface area contributed by atoms with Crippen molar-refractivity contribution in [1.29, 1.82) is 0 Å². The highest BCUT2D eigenvalue weighted by Gasteiger charge is 2.35. The van der Waals surface area contributed by atoms with Crippen molar-refractivity contribution in [3.05, 3.63) is 69.6 Å². The van der Waals surface area contributed by atoms with Gasteiger partial charge in [0.15, 0.2) is 0 Å². The van der Waals surface area contributed by atoms with E-state index in [0.717, 1.165) is 28.8 Å². The molecule has 1 fully saturated rings. The molecule has 160 valence electrons. The zero-order chi connectivity index (χ0) is 22.0. The van der Waals surface area contributed by atoms with Crippen molar-refractivity contribution < 1.29 is 14.4 Å². The number of fused-ring (bicyclic) bond motifs is 1. The van der Waals surface area contributed by atoms with Crippen LogP contribution >= 0.6 is 23.4 Å². The Bertz CT molecular complexity index is 1070. The number of carbonyl (C=O) groups excluding carboxylic acids is 3. The summed E-state index contributed by atoms with van der Waals surface area (Å²) in [7, 11) is 0. The van der Waals surface area contributed by atoms with E-state index in [-0.39, 0.29) is 42.7 Å². The molecule has 2 heterocycles. The van der Waals surface area contributed by atoms with E-state index < -0.39 is 0 Å². The maximum absolute atomic E-state index is 12.6. The van der Waals surface area contributed by atoms with Crippen LogP contribution in [0.25, 0.3) is 6.08 Å². The largest absolute Gasteiger partial charge is 0.359 e. The molecule has 2 aromatic carbocycles. The zero-order valence-corrected chi connectivity index (χ0v) is 18.6. The Kier molecular flexibility index (Phi) is 6.34. The summed E-state index contributed by atoms with van der Waals surface area (Å²) in [6.45, 7) is 2.67. The van der Waals surface area contributed by atoms with E-state index >= 15 is 0 Å². The first-order valence-electron chi connectivity index (χ1n) is 10.0. The SMILES string of the molecule is CC1Cc2ccccc2N1CC(=O)NCCN1C(=O)S/C(=C/c2ccccc2Cl)C1=O. The van der Waals surface area contributed by atoms with Crippen LogP contribution in [0.4, 0.5) is 10.5 Å². The minimum absolute atomic E-state index is 0.127. The lowest BCUT2D eigenvalue weighted by Gasteiger charge is -2.24. The van der Waals surface area contributed by atoms with Crippen molar-refractivity contribution in [1.82, 2.24) is 10.2 Å². The molecule has 1 N–H and O–H groups in total. The summed E-state index contributed by atoms with van der Waals surface area (Å²) in [6, 6.07) is 15.5. The Morgan fingerprint density at radius 2 is 1.94 bits per heavy atom. The van der Waals surface area contributed by atoms with E-state index in [1.54, 1.807) is 24.3 Å². The topological polar surface area (TPSA) is 69.7 Å². The first-order chi connectivity index (χ1) is 14.9. The summed E-state index contributed by atoms with van der Waals surface area (Å²) >= 11 is 7.02. The predicted octanol–water partition coefficient (Wildman–Crippen LogP) is 3.94. The molecule has 0 aliphatic carbocycles. The third kappa shape index (κ3) is 4.62. The van der Waals surface area contributed by atoms with Crippen molar-refractivity contribution in [3.8, 4) is 0 Å². The minimum Gasteiger partial charge on any atom is -0.359 e. The van der Waals surface area contributed by atoms with Crippen molar-refractivity contribution in [2.24, 2.45) is 0 Å². The Morgan fingerprint density at radius 1 is 1.19 bits per heavy atom. The molecule has 4 rings (SSSR count). The number of halogens is 1. The van der Waals surface area contributed by atoms with E-state index in [1.165, 1.54) is 5.56 Å². The van der Waals surface area contributed by atoms with Gasteiger partial charge in [-0.3, -0.25) is 19.3 Å². The molecular formula is C23H22ClN3O3S. The maximum Gasteiger partial charge on any atom is 0.293 e. The normalized spacial score (nSPS) is 19.3. The Hall–Kier alpha value is -2.77. The van der Waals surface area contributed by atoms with Crippen molar-refractivity contribution in [2.45, 2.75) is 19.4 Å². The second-order valence-electron chi connectivity index (χ2n) is 7.51. The lowest BCUT2D eigenvalue weighted by atomic mass is 10.1. The molecule has 1 saturated heterocycles. The first kappa shape index (κ1) is 21.5. The molecule has 3 amide bonds. The number of hydrogen-bond acceptors (Lipinski definition) is 5. The lowest BCUT2D eigenvalue weighted by molar-refractivity contribution is -0.124. The first-order valence-corrected chi connectivity index (χ1v) is 11.2. The van der Waals surface area contributed by atoms with Gasteiger partial charge in [0.1, 0.15) is 0 Å². The Labute approximate surface area is 190 Å². The third-order valence-corrected chi connectivity index (χ3v) is 6.64. The number of anilines is 1. The van der Waals surface area contributed by atoms with Gasteiger partial charge < -0.3 is 10.2 Å². The van der Waals surface area contributed by atoms with Gasteiger partial charge in [-0.25, -0.2) is 0 Å². The molecule has 2 aliphatic rings. The number of amides is 3. The molecule has 2 aromatic rings. The number of carbonyl (C=O) groups is 3. The number of rotatable bonds is 6. The number of nitrogens with zero attached hydrogens (tertiary/aromatic N) is 2. The van der Waals surface area contributed by atoms with Crippen LogP contribution in [-0.2, 0) is 16.0 Å². The van der Waals surface area contributed by atoms with Gasteiger partial charge >= 0.3 is 0 Å². The predicted molar refractivity (Wildman–Crippen MR) is 124 cm³/mol. The van der Waals surface area contributed by atoms with Crippen LogP contribution in [0.2, 0.25) is 5.02 Å². The highest BCUT2D eigenvalue weighted by molar-refractivity contribution is 8.18. The van der Waals surface area contributed by atoms with Gasteiger partial charge in [-0.1, -0.05) is 48.0 Å². The molecule has 0 spiro atoms. The number of para-hydroxylation sites is 1. The fraction of sp³-hybridized carbons (Fsp3) is 0.261. The lowest BCUT2D eigenvalue weighted by Crippen LogP contribution is -2.43. The fourth-order valence-corrected chi connectivity index (χ4v) is 4.86. The van der Waals surface area contributed by atoms with Crippen LogP contribution in [-0.4, -0.2) is 47.6 Å². The van der Waals surface area contributed by atoms with Crippen LogP contribution in [0.3, 0.4) is 0 Å². The summed E-state index contributed by atoms with van der Waals surface area (Å²) in [6.07, 6.45) is 2.54. The molecule has 0 saturated carbocycles. The van der Waals surface area contributed by atoms with Gasteiger partial charge in [-0.15, -0.1) is 0 Å². The number of hydrogen-bond donors (Lipinski definition) is 1. The molecule has 8 heteroatoms. The maximum atomic E-state index is 12.6. The molecule has 1 atom stereocenters. The second-order valence-corrected chi connectivity index (χ2v) is 8.91. The Balaban J connectivity index is 1.32. The van der Waals surface area contributed by atoms with E-state index in [4.69, 9.17) is 11.6 Å². The van der Waals surface area contributed by atoms with Gasteiger partial charge in [-0.05, 0) is 54.4 Å². The van der Waals surface area contributed by atoms with Crippen LogP contribution in [0.1, 0.15) is 18.1 Å². The molecule has 31 heavy (non-hydrogen) atoms. The van der Waals surface area contributed by atoms with Gasteiger partial charge in [0.05, 0.1) is 11.4 Å². The van der Waals surface area contributed by atoms with Gasteiger partial charge in [0.25, 0.3) is 11.1 Å². The molecule has 0 bridgehead atoms. The van der Waals surface area contributed by atoms with Crippen LogP contribution < -0.4 is 10.2 Å². The second kappa shape index (κ2) is 9.16. The quantitative estimate of drug-likeness (QED) is 0.668. The van der Waals surface area contributed by atoms with E-state index in [9.17, 15) is 14.4 Å². The molecule has 1 unspecified atom stereocenters. The number of thioether (sulfide) groups is 1. The minimum atomic E-state index is -0.369. The number of benzene rings is 2. The number of nitrogens with one attached hydrogen (secondary N) is 1. The Morgan fingerprint density at radius 3 is 2.74 bits per heavy atom. The smallest absolute Gasteiger partial charge is 0.293 e. The highest BCUT2D eigenvalue weighted by Crippen LogP contribution is 2.33. The van der Waals surface area contributed by atoms with Crippen molar-refractivity contribution in [2.75, 3.05) is 24.5 Å². The highest BCUT2D eigenvalue weighted by atomic mass is 35.5. The molecule has 6 nitrogen and oxygen atoms in total.